The maximum atomic E-state index is 13.4. The van der Waals surface area contributed by atoms with Crippen molar-refractivity contribution >= 4 is 39.1 Å². The number of amides is 2. The first-order chi connectivity index (χ1) is 16.8. The minimum absolute atomic E-state index is 0.0864. The van der Waals surface area contributed by atoms with E-state index in [2.05, 4.69) is 5.32 Å². The Morgan fingerprint density at radius 3 is 2.31 bits per heavy atom. The summed E-state index contributed by atoms with van der Waals surface area (Å²) in [4.78, 5) is 27.7. The maximum absolute atomic E-state index is 13.4. The van der Waals surface area contributed by atoms with Crippen LogP contribution in [0.15, 0.2) is 42.5 Å². The molecule has 0 fully saturated rings. The standard InChI is InChI=1S/C27H38ClN3O4S/c1-19(2)17-29-27(33)22(5)30(18-23-12-7-8-13-24(23)28)26(32)15-10-16-31(36(6,34)35)25-14-9-11-20(3)21(25)4/h7-9,11-14,19,22H,10,15-18H2,1-6H3,(H,29,33)/t22-/m1/s1. The quantitative estimate of drug-likeness (QED) is 0.427. The van der Waals surface area contributed by atoms with Crippen molar-refractivity contribution in [1.82, 2.24) is 10.2 Å². The van der Waals surface area contributed by atoms with Gasteiger partial charge in [0.25, 0.3) is 0 Å². The lowest BCUT2D eigenvalue weighted by Crippen LogP contribution is -2.48. The van der Waals surface area contributed by atoms with Crippen molar-refractivity contribution < 1.29 is 18.0 Å². The van der Waals surface area contributed by atoms with Gasteiger partial charge in [0, 0.05) is 31.1 Å². The topological polar surface area (TPSA) is 86.8 Å². The summed E-state index contributed by atoms with van der Waals surface area (Å²) in [6.07, 6.45) is 1.56. The first kappa shape index (κ1) is 29.6. The Morgan fingerprint density at radius 1 is 1.03 bits per heavy atom. The van der Waals surface area contributed by atoms with Crippen LogP contribution in [0.2, 0.25) is 5.02 Å². The third kappa shape index (κ3) is 8.23. The smallest absolute Gasteiger partial charge is 0.242 e. The Morgan fingerprint density at radius 2 is 1.69 bits per heavy atom. The van der Waals surface area contributed by atoms with Gasteiger partial charge in [-0.3, -0.25) is 13.9 Å². The molecule has 2 aromatic carbocycles. The number of carbonyl (C=O) groups excluding carboxylic acids is 2. The molecular weight excluding hydrogens is 498 g/mol. The van der Waals surface area contributed by atoms with E-state index in [0.29, 0.717) is 23.7 Å². The van der Waals surface area contributed by atoms with Crippen molar-refractivity contribution in [1.29, 1.82) is 0 Å². The molecule has 0 aliphatic rings. The fourth-order valence-electron chi connectivity index (χ4n) is 3.83. The van der Waals surface area contributed by atoms with Gasteiger partial charge in [-0.15, -0.1) is 0 Å². The van der Waals surface area contributed by atoms with E-state index in [4.69, 9.17) is 11.6 Å². The van der Waals surface area contributed by atoms with Crippen LogP contribution < -0.4 is 9.62 Å². The molecule has 0 spiro atoms. The normalized spacial score (nSPS) is 12.3. The lowest BCUT2D eigenvalue weighted by atomic mass is 10.1. The summed E-state index contributed by atoms with van der Waals surface area (Å²) in [5.74, 6) is -0.199. The van der Waals surface area contributed by atoms with Gasteiger partial charge in [0.15, 0.2) is 0 Å². The molecule has 0 radical (unpaired) electrons. The minimum Gasteiger partial charge on any atom is -0.354 e. The van der Waals surface area contributed by atoms with Crippen molar-refractivity contribution in [3.05, 3.63) is 64.2 Å². The van der Waals surface area contributed by atoms with Crippen LogP contribution in [-0.4, -0.2) is 50.5 Å². The molecule has 198 valence electrons. The van der Waals surface area contributed by atoms with Crippen molar-refractivity contribution in [2.45, 2.75) is 60.0 Å². The lowest BCUT2D eigenvalue weighted by Gasteiger charge is -2.30. The highest BCUT2D eigenvalue weighted by Gasteiger charge is 2.27. The van der Waals surface area contributed by atoms with Crippen LogP contribution >= 0.6 is 11.6 Å². The average molecular weight is 536 g/mol. The van der Waals surface area contributed by atoms with Crippen molar-refractivity contribution in [2.75, 3.05) is 23.7 Å². The number of sulfonamides is 1. The summed E-state index contributed by atoms with van der Waals surface area (Å²) in [6.45, 7) is 10.4. The predicted molar refractivity (Wildman–Crippen MR) is 147 cm³/mol. The third-order valence-corrected chi connectivity index (χ3v) is 7.70. The second-order valence-electron chi connectivity index (χ2n) is 9.59. The summed E-state index contributed by atoms with van der Waals surface area (Å²) >= 11 is 6.34. The molecule has 0 heterocycles. The molecule has 0 aliphatic heterocycles. The lowest BCUT2D eigenvalue weighted by molar-refractivity contribution is -0.140. The molecule has 7 nitrogen and oxygen atoms in total. The average Bonchev–Trinajstić information content (AvgIpc) is 2.80. The molecule has 9 heteroatoms. The van der Waals surface area contributed by atoms with Crippen molar-refractivity contribution in [2.24, 2.45) is 5.92 Å². The Bertz CT molecular complexity index is 1170. The van der Waals surface area contributed by atoms with Crippen LogP contribution in [0.4, 0.5) is 5.69 Å². The minimum atomic E-state index is -3.55. The van der Waals surface area contributed by atoms with E-state index in [0.717, 1.165) is 16.7 Å². The SMILES string of the molecule is Cc1cccc(N(CCCC(=O)N(Cc2ccccc2Cl)[C@H](C)C(=O)NCC(C)C)S(C)(=O)=O)c1C. The molecular formula is C27H38ClN3O4S. The maximum Gasteiger partial charge on any atom is 0.242 e. The summed E-state index contributed by atoms with van der Waals surface area (Å²) in [6, 6.07) is 12.0. The zero-order valence-electron chi connectivity index (χ0n) is 22.0. The molecule has 1 atom stereocenters. The highest BCUT2D eigenvalue weighted by Crippen LogP contribution is 2.26. The van der Waals surface area contributed by atoms with Gasteiger partial charge in [0.2, 0.25) is 21.8 Å². The molecule has 0 aromatic heterocycles. The van der Waals surface area contributed by atoms with Crippen LogP contribution in [0.25, 0.3) is 0 Å². The summed E-state index contributed by atoms with van der Waals surface area (Å²) in [5.41, 5.74) is 3.22. The molecule has 1 N–H and O–H groups in total. The number of nitrogens with zero attached hydrogens (tertiary/aromatic N) is 2. The van der Waals surface area contributed by atoms with E-state index in [1.807, 2.05) is 58.0 Å². The molecule has 36 heavy (non-hydrogen) atoms. The Kier molecular flexibility index (Phi) is 10.8. The van der Waals surface area contributed by atoms with Gasteiger partial charge in [-0.05, 0) is 61.9 Å². The first-order valence-electron chi connectivity index (χ1n) is 12.2. The molecule has 0 saturated heterocycles. The molecule has 0 bridgehead atoms. The van der Waals surface area contributed by atoms with Gasteiger partial charge >= 0.3 is 0 Å². The Hall–Kier alpha value is -2.58. The molecule has 0 aliphatic carbocycles. The van der Waals surface area contributed by atoms with E-state index in [1.165, 1.54) is 15.5 Å². The van der Waals surface area contributed by atoms with Crippen LogP contribution in [0.3, 0.4) is 0 Å². The highest BCUT2D eigenvalue weighted by atomic mass is 35.5. The molecule has 2 aromatic rings. The molecule has 2 rings (SSSR count). The van der Waals surface area contributed by atoms with Crippen LogP contribution in [0.1, 0.15) is 50.3 Å². The second-order valence-corrected chi connectivity index (χ2v) is 11.9. The largest absolute Gasteiger partial charge is 0.354 e. The highest BCUT2D eigenvalue weighted by molar-refractivity contribution is 7.92. The number of hydrogen-bond acceptors (Lipinski definition) is 4. The number of halogens is 1. The molecule has 2 amide bonds. The zero-order valence-corrected chi connectivity index (χ0v) is 23.6. The predicted octanol–water partition coefficient (Wildman–Crippen LogP) is 4.69. The molecule has 0 unspecified atom stereocenters. The number of rotatable bonds is 12. The van der Waals surface area contributed by atoms with Crippen molar-refractivity contribution in [3.63, 3.8) is 0 Å². The van der Waals surface area contributed by atoms with Gasteiger partial charge in [-0.2, -0.15) is 0 Å². The number of hydrogen-bond donors (Lipinski definition) is 1. The van der Waals surface area contributed by atoms with Gasteiger partial charge in [-0.25, -0.2) is 8.42 Å². The number of aryl methyl sites for hydroxylation is 1. The van der Waals surface area contributed by atoms with E-state index in [1.54, 1.807) is 19.1 Å². The second kappa shape index (κ2) is 13.1. The van der Waals surface area contributed by atoms with Gasteiger partial charge in [-0.1, -0.05) is 55.8 Å². The fraction of sp³-hybridized carbons (Fsp3) is 0.481. The van der Waals surface area contributed by atoms with Gasteiger partial charge in [0.05, 0.1) is 11.9 Å². The van der Waals surface area contributed by atoms with Gasteiger partial charge < -0.3 is 10.2 Å². The number of carbonyl (C=O) groups is 2. The number of benzene rings is 2. The number of nitrogens with one attached hydrogen (secondary N) is 1. The summed E-state index contributed by atoms with van der Waals surface area (Å²) in [7, 11) is -3.55. The van der Waals surface area contributed by atoms with Crippen LogP contribution in [0.5, 0.6) is 0 Å². The zero-order chi connectivity index (χ0) is 27.0. The van der Waals surface area contributed by atoms with E-state index < -0.39 is 16.1 Å². The number of anilines is 1. The van der Waals surface area contributed by atoms with Crippen LogP contribution in [0, 0.1) is 19.8 Å². The summed E-state index contributed by atoms with van der Waals surface area (Å²) in [5, 5.41) is 3.41. The van der Waals surface area contributed by atoms with Crippen LogP contribution in [-0.2, 0) is 26.2 Å². The summed E-state index contributed by atoms with van der Waals surface area (Å²) < 4.78 is 26.5. The molecule has 0 saturated carbocycles. The van der Waals surface area contributed by atoms with E-state index in [-0.39, 0.29) is 37.2 Å². The van der Waals surface area contributed by atoms with Crippen molar-refractivity contribution in [3.8, 4) is 0 Å². The fourth-order valence-corrected chi connectivity index (χ4v) is 5.04. The van der Waals surface area contributed by atoms with E-state index >= 15 is 0 Å². The monoisotopic (exact) mass is 535 g/mol. The van der Waals surface area contributed by atoms with E-state index in [9.17, 15) is 18.0 Å². The first-order valence-corrected chi connectivity index (χ1v) is 14.4. The Labute approximate surface area is 220 Å². The Balaban J connectivity index is 2.21. The van der Waals surface area contributed by atoms with Gasteiger partial charge in [0.1, 0.15) is 6.04 Å². The third-order valence-electron chi connectivity index (χ3n) is 6.15.